The van der Waals surface area contributed by atoms with Crippen molar-refractivity contribution in [3.05, 3.63) is 91.1 Å². The number of para-hydroxylation sites is 1. The first-order chi connectivity index (χ1) is 15.4. The van der Waals surface area contributed by atoms with E-state index in [0.717, 1.165) is 21.8 Å². The highest BCUT2D eigenvalue weighted by atomic mass is 32.2. The van der Waals surface area contributed by atoms with E-state index in [1.165, 1.54) is 33.7 Å². The highest BCUT2D eigenvalue weighted by molar-refractivity contribution is 7.98. The molecule has 0 atom stereocenters. The predicted octanol–water partition coefficient (Wildman–Crippen LogP) is 4.07. The third kappa shape index (κ3) is 3.63. The fourth-order valence-electron chi connectivity index (χ4n) is 3.47. The van der Waals surface area contributed by atoms with E-state index in [-0.39, 0.29) is 11.1 Å². The van der Waals surface area contributed by atoms with Crippen molar-refractivity contribution in [1.82, 2.24) is 24.1 Å². The van der Waals surface area contributed by atoms with Crippen LogP contribution in [0.25, 0.3) is 21.6 Å². The second-order valence-corrected chi connectivity index (χ2v) is 9.61. The molecule has 0 amide bonds. The SMILES string of the molecule is Cc1nn2c(=O)cc(CSc3nc4ccccc4c(=O)n3-c3ccc(C)c(C)c3)nc2s1. The standard InChI is InChI=1S/C23H19N5O2S2/c1-13-8-9-17(10-14(13)2)27-21(30)18-6-4-5-7-19(18)25-22(27)31-12-16-11-20(29)28-23(24-16)32-15(3)26-28/h4-11H,12H2,1-3H3. The van der Waals surface area contributed by atoms with Crippen LogP contribution in [-0.4, -0.2) is 24.1 Å². The Morgan fingerprint density at radius 3 is 2.59 bits per heavy atom. The van der Waals surface area contributed by atoms with Gasteiger partial charge in [-0.15, -0.1) is 0 Å². The van der Waals surface area contributed by atoms with Gasteiger partial charge in [0.15, 0.2) is 5.16 Å². The summed E-state index contributed by atoms with van der Waals surface area (Å²) in [6.45, 7) is 5.90. The summed E-state index contributed by atoms with van der Waals surface area (Å²) in [5, 5.41) is 6.08. The molecule has 7 nitrogen and oxygen atoms in total. The molecular weight excluding hydrogens is 442 g/mol. The van der Waals surface area contributed by atoms with Crippen molar-refractivity contribution in [1.29, 1.82) is 0 Å². The van der Waals surface area contributed by atoms with Crippen LogP contribution in [0.4, 0.5) is 0 Å². The predicted molar refractivity (Wildman–Crippen MR) is 128 cm³/mol. The zero-order valence-electron chi connectivity index (χ0n) is 17.7. The third-order valence-electron chi connectivity index (χ3n) is 5.24. The van der Waals surface area contributed by atoms with Crippen LogP contribution in [-0.2, 0) is 5.75 Å². The highest BCUT2D eigenvalue weighted by Gasteiger charge is 2.15. The second-order valence-electron chi connectivity index (χ2n) is 7.51. The molecule has 0 radical (unpaired) electrons. The van der Waals surface area contributed by atoms with Gasteiger partial charge >= 0.3 is 0 Å². The number of aryl methyl sites for hydroxylation is 3. The average molecular weight is 462 g/mol. The first-order valence-corrected chi connectivity index (χ1v) is 11.8. The fraction of sp³-hybridized carbons (Fsp3) is 0.174. The molecule has 32 heavy (non-hydrogen) atoms. The van der Waals surface area contributed by atoms with Crippen LogP contribution in [0, 0.1) is 20.8 Å². The van der Waals surface area contributed by atoms with Gasteiger partial charge in [-0.3, -0.25) is 14.2 Å². The van der Waals surface area contributed by atoms with E-state index in [0.29, 0.717) is 32.5 Å². The Balaban J connectivity index is 1.62. The Kier molecular flexibility index (Phi) is 5.15. The molecule has 0 aliphatic heterocycles. The maximum absolute atomic E-state index is 13.4. The summed E-state index contributed by atoms with van der Waals surface area (Å²) in [5.41, 5.74) is 3.94. The topological polar surface area (TPSA) is 82.2 Å². The summed E-state index contributed by atoms with van der Waals surface area (Å²) >= 11 is 2.75. The Hall–Kier alpha value is -3.30. The van der Waals surface area contributed by atoms with E-state index < -0.39 is 0 Å². The third-order valence-corrected chi connectivity index (χ3v) is 7.04. The number of benzene rings is 2. The molecular formula is C23H19N5O2S2. The molecule has 0 unspecified atom stereocenters. The lowest BCUT2D eigenvalue weighted by Crippen LogP contribution is -2.22. The molecule has 0 fully saturated rings. The Bertz CT molecular complexity index is 1620. The van der Waals surface area contributed by atoms with Crippen molar-refractivity contribution in [2.24, 2.45) is 0 Å². The average Bonchev–Trinajstić information content (AvgIpc) is 3.15. The smallest absolute Gasteiger partial charge is 0.268 e. The van der Waals surface area contributed by atoms with E-state index in [9.17, 15) is 9.59 Å². The van der Waals surface area contributed by atoms with Crippen LogP contribution in [0.1, 0.15) is 21.8 Å². The molecule has 5 aromatic rings. The number of fused-ring (bicyclic) bond motifs is 2. The molecule has 0 bridgehead atoms. The highest BCUT2D eigenvalue weighted by Crippen LogP contribution is 2.25. The van der Waals surface area contributed by atoms with Crippen molar-refractivity contribution in [3.63, 3.8) is 0 Å². The maximum Gasteiger partial charge on any atom is 0.275 e. The molecule has 0 spiro atoms. The number of aromatic nitrogens is 5. The van der Waals surface area contributed by atoms with Crippen LogP contribution < -0.4 is 11.1 Å². The minimum atomic E-state index is -0.215. The summed E-state index contributed by atoms with van der Waals surface area (Å²) in [4.78, 5) is 35.7. The van der Waals surface area contributed by atoms with Crippen molar-refractivity contribution in [2.75, 3.05) is 0 Å². The van der Waals surface area contributed by atoms with E-state index in [1.807, 2.05) is 57.2 Å². The summed E-state index contributed by atoms with van der Waals surface area (Å²) < 4.78 is 2.95. The van der Waals surface area contributed by atoms with Gasteiger partial charge in [0.2, 0.25) is 4.96 Å². The minimum absolute atomic E-state index is 0.122. The number of hydrogen-bond acceptors (Lipinski definition) is 7. The first-order valence-electron chi connectivity index (χ1n) is 9.99. The van der Waals surface area contributed by atoms with Gasteiger partial charge in [-0.2, -0.15) is 9.61 Å². The molecule has 0 saturated heterocycles. The Labute approximate surface area is 191 Å². The summed E-state index contributed by atoms with van der Waals surface area (Å²) in [7, 11) is 0. The Morgan fingerprint density at radius 1 is 0.969 bits per heavy atom. The van der Waals surface area contributed by atoms with Gasteiger partial charge in [-0.25, -0.2) is 9.97 Å². The van der Waals surface area contributed by atoms with Gasteiger partial charge in [0.05, 0.1) is 22.3 Å². The monoisotopic (exact) mass is 461 g/mol. The van der Waals surface area contributed by atoms with E-state index in [4.69, 9.17) is 4.98 Å². The van der Waals surface area contributed by atoms with Gasteiger partial charge in [-0.1, -0.05) is 41.3 Å². The number of thioether (sulfide) groups is 1. The van der Waals surface area contributed by atoms with Gasteiger partial charge in [-0.05, 0) is 56.2 Å². The van der Waals surface area contributed by atoms with Crippen LogP contribution in [0.3, 0.4) is 0 Å². The molecule has 0 aliphatic carbocycles. The number of rotatable bonds is 4. The molecule has 0 saturated carbocycles. The van der Waals surface area contributed by atoms with E-state index in [1.54, 1.807) is 10.6 Å². The van der Waals surface area contributed by atoms with Gasteiger partial charge in [0.25, 0.3) is 11.1 Å². The van der Waals surface area contributed by atoms with Crippen molar-refractivity contribution >= 4 is 39.0 Å². The molecule has 3 heterocycles. The summed E-state index contributed by atoms with van der Waals surface area (Å²) in [6, 6.07) is 14.7. The van der Waals surface area contributed by atoms with Crippen LogP contribution in [0.2, 0.25) is 0 Å². The van der Waals surface area contributed by atoms with Crippen molar-refractivity contribution in [3.8, 4) is 5.69 Å². The second kappa shape index (κ2) is 7.99. The number of nitrogens with zero attached hydrogens (tertiary/aromatic N) is 5. The van der Waals surface area contributed by atoms with Crippen LogP contribution in [0.15, 0.2) is 63.3 Å². The lowest BCUT2D eigenvalue weighted by molar-refractivity contribution is 0.817. The zero-order valence-corrected chi connectivity index (χ0v) is 19.3. The quantitative estimate of drug-likeness (QED) is 0.296. The van der Waals surface area contributed by atoms with Gasteiger partial charge in [0, 0.05) is 11.8 Å². The summed E-state index contributed by atoms with van der Waals surface area (Å²) in [5.74, 6) is 0.401. The van der Waals surface area contributed by atoms with Crippen molar-refractivity contribution < 1.29 is 0 Å². The molecule has 3 aromatic heterocycles. The molecule has 5 rings (SSSR count). The van der Waals surface area contributed by atoms with Gasteiger partial charge < -0.3 is 0 Å². The van der Waals surface area contributed by atoms with Crippen molar-refractivity contribution in [2.45, 2.75) is 31.7 Å². The zero-order chi connectivity index (χ0) is 22.4. The maximum atomic E-state index is 13.4. The molecule has 2 aromatic carbocycles. The van der Waals surface area contributed by atoms with Crippen LogP contribution >= 0.6 is 23.1 Å². The Morgan fingerprint density at radius 2 is 1.78 bits per heavy atom. The summed E-state index contributed by atoms with van der Waals surface area (Å²) in [6.07, 6.45) is 0. The molecule has 9 heteroatoms. The minimum Gasteiger partial charge on any atom is -0.268 e. The molecule has 0 N–H and O–H groups in total. The first kappa shape index (κ1) is 20.6. The molecule has 160 valence electrons. The van der Waals surface area contributed by atoms with Gasteiger partial charge in [0.1, 0.15) is 5.01 Å². The lowest BCUT2D eigenvalue weighted by atomic mass is 10.1. The van der Waals surface area contributed by atoms with E-state index >= 15 is 0 Å². The normalized spacial score (nSPS) is 11.5. The largest absolute Gasteiger partial charge is 0.275 e. The number of hydrogen-bond donors (Lipinski definition) is 0. The lowest BCUT2D eigenvalue weighted by Gasteiger charge is -2.14. The van der Waals surface area contributed by atoms with Crippen LogP contribution in [0.5, 0.6) is 0 Å². The van der Waals surface area contributed by atoms with E-state index in [2.05, 4.69) is 10.1 Å². The molecule has 0 aliphatic rings. The fourth-order valence-corrected chi connectivity index (χ4v) is 5.14.